The highest BCUT2D eigenvalue weighted by atomic mass is 35.5. The number of halogens is 1. The molecule has 0 saturated heterocycles. The Morgan fingerprint density at radius 1 is 1.30 bits per heavy atom. The summed E-state index contributed by atoms with van der Waals surface area (Å²) in [5.74, 6) is 0.457. The second-order valence-electron chi connectivity index (χ2n) is 6.41. The number of anilines is 1. The maximum absolute atomic E-state index is 13.1. The Balaban J connectivity index is 2.00. The zero-order chi connectivity index (χ0) is 19.6. The SMILES string of the molecule is COc1ccc(Cl)c2sc(N(CCCN(C)C)C(=O)c3ccn(C)n3)nc12. The summed E-state index contributed by atoms with van der Waals surface area (Å²) in [7, 11) is 7.39. The van der Waals surface area contributed by atoms with Gasteiger partial charge in [-0.2, -0.15) is 5.10 Å². The lowest BCUT2D eigenvalue weighted by Crippen LogP contribution is -2.33. The molecule has 7 nitrogen and oxygen atoms in total. The molecule has 1 amide bonds. The minimum absolute atomic E-state index is 0.177. The van der Waals surface area contributed by atoms with Crippen molar-refractivity contribution in [3.63, 3.8) is 0 Å². The van der Waals surface area contributed by atoms with E-state index in [-0.39, 0.29) is 5.91 Å². The average molecular weight is 408 g/mol. The summed E-state index contributed by atoms with van der Waals surface area (Å²) >= 11 is 7.72. The number of hydrogen-bond donors (Lipinski definition) is 0. The van der Waals surface area contributed by atoms with Crippen LogP contribution < -0.4 is 9.64 Å². The molecule has 9 heteroatoms. The van der Waals surface area contributed by atoms with Crippen LogP contribution in [0.3, 0.4) is 0 Å². The monoisotopic (exact) mass is 407 g/mol. The Kier molecular flexibility index (Phi) is 5.98. The Bertz CT molecular complexity index is 953. The highest BCUT2D eigenvalue weighted by Gasteiger charge is 2.24. The molecule has 3 aromatic rings. The minimum Gasteiger partial charge on any atom is -0.494 e. The number of methoxy groups -OCH3 is 1. The maximum atomic E-state index is 13.1. The number of aryl methyl sites for hydroxylation is 1. The van der Waals surface area contributed by atoms with Crippen LogP contribution in [-0.2, 0) is 7.05 Å². The zero-order valence-corrected chi connectivity index (χ0v) is 17.3. The molecule has 0 radical (unpaired) electrons. The number of carbonyl (C=O) groups excluding carboxylic acids is 1. The molecule has 1 aromatic carbocycles. The van der Waals surface area contributed by atoms with Crippen LogP contribution in [0.5, 0.6) is 5.75 Å². The van der Waals surface area contributed by atoms with E-state index in [1.807, 2.05) is 14.1 Å². The highest BCUT2D eigenvalue weighted by molar-refractivity contribution is 7.23. The van der Waals surface area contributed by atoms with Gasteiger partial charge in [0.15, 0.2) is 10.8 Å². The lowest BCUT2D eigenvalue weighted by atomic mass is 10.3. The van der Waals surface area contributed by atoms with E-state index in [1.165, 1.54) is 11.3 Å². The normalized spacial score (nSPS) is 11.3. The van der Waals surface area contributed by atoms with Crippen LogP contribution in [0.1, 0.15) is 16.9 Å². The van der Waals surface area contributed by atoms with Crippen LogP contribution in [0, 0.1) is 0 Å². The third-order valence-electron chi connectivity index (χ3n) is 4.06. The van der Waals surface area contributed by atoms with Crippen molar-refractivity contribution in [2.24, 2.45) is 7.05 Å². The Hall–Kier alpha value is -2.16. The summed E-state index contributed by atoms with van der Waals surface area (Å²) in [6.45, 7) is 1.40. The third kappa shape index (κ3) is 4.23. The van der Waals surface area contributed by atoms with Gasteiger partial charge in [-0.3, -0.25) is 14.4 Å². The van der Waals surface area contributed by atoms with E-state index in [2.05, 4.69) is 15.0 Å². The second kappa shape index (κ2) is 8.24. The van der Waals surface area contributed by atoms with Gasteiger partial charge in [-0.1, -0.05) is 22.9 Å². The smallest absolute Gasteiger partial charge is 0.280 e. The van der Waals surface area contributed by atoms with E-state index in [4.69, 9.17) is 16.3 Å². The molecule has 3 rings (SSSR count). The van der Waals surface area contributed by atoms with Crippen LogP contribution in [0.25, 0.3) is 10.2 Å². The van der Waals surface area contributed by atoms with Gasteiger partial charge in [0, 0.05) is 19.8 Å². The van der Waals surface area contributed by atoms with Gasteiger partial charge >= 0.3 is 0 Å². The van der Waals surface area contributed by atoms with Crippen molar-refractivity contribution in [3.05, 3.63) is 35.1 Å². The fourth-order valence-corrected chi connectivity index (χ4v) is 4.00. The molecule has 27 heavy (non-hydrogen) atoms. The van der Waals surface area contributed by atoms with Gasteiger partial charge < -0.3 is 9.64 Å². The zero-order valence-electron chi connectivity index (χ0n) is 15.8. The lowest BCUT2D eigenvalue weighted by Gasteiger charge is -2.20. The Morgan fingerprint density at radius 3 is 2.70 bits per heavy atom. The third-order valence-corrected chi connectivity index (χ3v) is 5.60. The van der Waals surface area contributed by atoms with E-state index in [0.717, 1.165) is 17.7 Å². The first-order valence-corrected chi connectivity index (χ1v) is 9.69. The molecule has 0 atom stereocenters. The minimum atomic E-state index is -0.177. The number of fused-ring (bicyclic) bond motifs is 1. The second-order valence-corrected chi connectivity index (χ2v) is 7.80. The predicted octanol–water partition coefficient (Wildman–Crippen LogP) is 3.29. The molecule has 0 N–H and O–H groups in total. The quantitative estimate of drug-likeness (QED) is 0.601. The van der Waals surface area contributed by atoms with Crippen LogP contribution in [0.4, 0.5) is 5.13 Å². The van der Waals surface area contributed by atoms with Crippen molar-refractivity contribution < 1.29 is 9.53 Å². The summed E-state index contributed by atoms with van der Waals surface area (Å²) in [6.07, 6.45) is 2.57. The van der Waals surface area contributed by atoms with E-state index in [0.29, 0.717) is 33.7 Å². The first kappa shape index (κ1) is 19.6. The van der Waals surface area contributed by atoms with Crippen LogP contribution in [-0.4, -0.2) is 59.9 Å². The van der Waals surface area contributed by atoms with Gasteiger partial charge in [0.25, 0.3) is 5.91 Å². The fourth-order valence-electron chi connectivity index (χ4n) is 2.72. The predicted molar refractivity (Wildman–Crippen MR) is 109 cm³/mol. The molecule has 2 aromatic heterocycles. The number of aromatic nitrogens is 3. The van der Waals surface area contributed by atoms with Crippen molar-refractivity contribution in [1.29, 1.82) is 0 Å². The van der Waals surface area contributed by atoms with Crippen LogP contribution in [0.15, 0.2) is 24.4 Å². The molecule has 0 saturated carbocycles. The fraction of sp³-hybridized carbons (Fsp3) is 0.389. The summed E-state index contributed by atoms with van der Waals surface area (Å²) in [6, 6.07) is 5.27. The number of rotatable bonds is 7. The maximum Gasteiger partial charge on any atom is 0.280 e. The van der Waals surface area contributed by atoms with Crippen molar-refractivity contribution in [2.75, 3.05) is 39.2 Å². The number of ether oxygens (including phenoxy) is 1. The van der Waals surface area contributed by atoms with E-state index in [1.54, 1.807) is 48.1 Å². The van der Waals surface area contributed by atoms with Gasteiger partial charge in [0.1, 0.15) is 11.3 Å². The number of thiazole rings is 1. The summed E-state index contributed by atoms with van der Waals surface area (Å²) in [4.78, 5) is 21.5. The van der Waals surface area contributed by atoms with Gasteiger partial charge in [-0.05, 0) is 45.3 Å². The van der Waals surface area contributed by atoms with Crippen LogP contribution in [0.2, 0.25) is 5.02 Å². The molecule has 0 unspecified atom stereocenters. The Morgan fingerprint density at radius 2 is 2.07 bits per heavy atom. The molecule has 0 aliphatic heterocycles. The summed E-state index contributed by atoms with van der Waals surface area (Å²) in [5.41, 5.74) is 1.05. The molecule has 0 fully saturated rings. The van der Waals surface area contributed by atoms with E-state index in [9.17, 15) is 4.79 Å². The largest absolute Gasteiger partial charge is 0.494 e. The molecule has 0 aliphatic rings. The first-order chi connectivity index (χ1) is 12.9. The van der Waals surface area contributed by atoms with Gasteiger partial charge in [-0.25, -0.2) is 4.98 Å². The molecule has 0 bridgehead atoms. The summed E-state index contributed by atoms with van der Waals surface area (Å²) in [5, 5.41) is 5.43. The molecular weight excluding hydrogens is 386 g/mol. The Labute approximate surface area is 167 Å². The molecule has 0 aliphatic carbocycles. The summed E-state index contributed by atoms with van der Waals surface area (Å²) < 4.78 is 7.81. The van der Waals surface area contributed by atoms with Crippen molar-refractivity contribution in [1.82, 2.24) is 19.7 Å². The molecule has 144 valence electrons. The van der Waals surface area contributed by atoms with Crippen LogP contribution >= 0.6 is 22.9 Å². The number of carbonyl (C=O) groups is 1. The van der Waals surface area contributed by atoms with E-state index < -0.39 is 0 Å². The number of benzene rings is 1. The molecule has 2 heterocycles. The van der Waals surface area contributed by atoms with Crippen molar-refractivity contribution in [2.45, 2.75) is 6.42 Å². The number of nitrogens with zero attached hydrogens (tertiary/aromatic N) is 5. The average Bonchev–Trinajstić information content (AvgIpc) is 3.25. The molecular formula is C18H22ClN5O2S. The number of hydrogen-bond acceptors (Lipinski definition) is 6. The van der Waals surface area contributed by atoms with Crippen molar-refractivity contribution in [3.8, 4) is 5.75 Å². The molecule has 0 spiro atoms. The van der Waals surface area contributed by atoms with Gasteiger partial charge in [0.05, 0.1) is 16.8 Å². The number of amides is 1. The van der Waals surface area contributed by atoms with Gasteiger partial charge in [-0.15, -0.1) is 0 Å². The topological polar surface area (TPSA) is 63.5 Å². The van der Waals surface area contributed by atoms with Gasteiger partial charge in [0.2, 0.25) is 0 Å². The standard InChI is InChI=1S/C18H22ClN5O2S/c1-22(2)9-5-10-24(17(25)13-8-11-23(3)21-13)18-20-15-14(26-4)7-6-12(19)16(15)27-18/h6-8,11H,5,9-10H2,1-4H3. The first-order valence-electron chi connectivity index (χ1n) is 8.50. The highest BCUT2D eigenvalue weighted by Crippen LogP contribution is 2.39. The van der Waals surface area contributed by atoms with E-state index >= 15 is 0 Å². The van der Waals surface area contributed by atoms with Crippen molar-refractivity contribution >= 4 is 44.2 Å². The lowest BCUT2D eigenvalue weighted by molar-refractivity contribution is 0.0980.